The van der Waals surface area contributed by atoms with Crippen LogP contribution in [-0.2, 0) is 11.3 Å². The zero-order valence-corrected chi connectivity index (χ0v) is 20.4. The van der Waals surface area contributed by atoms with Gasteiger partial charge >= 0.3 is 0 Å². The first-order valence-electron chi connectivity index (χ1n) is 10.4. The largest absolute Gasteiger partial charge is 0.385 e. The molecule has 1 aliphatic carbocycles. The summed E-state index contributed by atoms with van der Waals surface area (Å²) >= 11 is 0. The van der Waals surface area contributed by atoms with Gasteiger partial charge in [-0.3, -0.25) is 9.79 Å². The van der Waals surface area contributed by atoms with Gasteiger partial charge in [0.25, 0.3) is 5.91 Å². The van der Waals surface area contributed by atoms with Crippen LogP contribution in [0.4, 0.5) is 0 Å². The number of aliphatic imine (C=N–C) groups is 1. The summed E-state index contributed by atoms with van der Waals surface area (Å²) in [4.78, 5) is 16.4. The van der Waals surface area contributed by atoms with E-state index in [4.69, 9.17) is 4.74 Å². The average Bonchev–Trinajstić information content (AvgIpc) is 2.69. The normalized spacial score (nSPS) is 15.1. The fourth-order valence-electron chi connectivity index (χ4n) is 3.44. The van der Waals surface area contributed by atoms with Crippen molar-refractivity contribution < 1.29 is 9.53 Å². The average molecular weight is 516 g/mol. The number of amides is 1. The van der Waals surface area contributed by atoms with Gasteiger partial charge in [-0.05, 0) is 48.8 Å². The van der Waals surface area contributed by atoms with Gasteiger partial charge in [-0.25, -0.2) is 0 Å². The molecule has 2 rings (SSSR count). The van der Waals surface area contributed by atoms with Crippen molar-refractivity contribution in [1.82, 2.24) is 16.0 Å². The predicted octanol–water partition coefficient (Wildman–Crippen LogP) is 3.71. The molecule has 0 atom stereocenters. The van der Waals surface area contributed by atoms with Crippen molar-refractivity contribution in [2.24, 2.45) is 10.4 Å². The van der Waals surface area contributed by atoms with Crippen molar-refractivity contribution in [3.05, 3.63) is 35.4 Å². The zero-order valence-electron chi connectivity index (χ0n) is 18.1. The van der Waals surface area contributed by atoms with Crippen molar-refractivity contribution in [1.29, 1.82) is 0 Å². The maximum Gasteiger partial charge on any atom is 0.251 e. The molecular weight excluding hydrogens is 479 g/mol. The van der Waals surface area contributed by atoms with Crippen molar-refractivity contribution in [3.63, 3.8) is 0 Å². The molecular formula is C22H37IN4O2. The molecule has 1 saturated carbocycles. The Labute approximate surface area is 192 Å². The minimum atomic E-state index is -0.00714. The maximum atomic E-state index is 12.1. The van der Waals surface area contributed by atoms with Gasteiger partial charge in [0.2, 0.25) is 0 Å². The molecule has 1 fully saturated rings. The number of nitrogens with zero attached hydrogens (tertiary/aromatic N) is 1. The van der Waals surface area contributed by atoms with Crippen LogP contribution >= 0.6 is 24.0 Å². The molecule has 0 unspecified atom stereocenters. The van der Waals surface area contributed by atoms with E-state index in [-0.39, 0.29) is 29.9 Å². The number of methoxy groups -OCH3 is 1. The highest BCUT2D eigenvalue weighted by Gasteiger charge is 2.36. The van der Waals surface area contributed by atoms with Crippen LogP contribution in [0.15, 0.2) is 29.3 Å². The number of ether oxygens (including phenoxy) is 1. The molecule has 1 amide bonds. The molecule has 0 aromatic heterocycles. The van der Waals surface area contributed by atoms with E-state index in [2.05, 4.69) is 27.9 Å². The molecule has 3 N–H and O–H groups in total. The Morgan fingerprint density at radius 2 is 1.90 bits per heavy atom. The summed E-state index contributed by atoms with van der Waals surface area (Å²) in [6.45, 7) is 5.25. The second-order valence-corrected chi connectivity index (χ2v) is 7.68. The summed E-state index contributed by atoms with van der Waals surface area (Å²) in [6, 6.07) is 7.73. The molecule has 7 heteroatoms. The van der Waals surface area contributed by atoms with Crippen LogP contribution in [0.1, 0.15) is 61.4 Å². The minimum absolute atomic E-state index is 0. The summed E-state index contributed by atoms with van der Waals surface area (Å²) in [5.41, 5.74) is 2.17. The lowest BCUT2D eigenvalue weighted by Crippen LogP contribution is -2.46. The fraction of sp³-hybridized carbons (Fsp3) is 0.636. The van der Waals surface area contributed by atoms with Crippen LogP contribution in [-0.4, -0.2) is 45.7 Å². The Morgan fingerprint density at radius 3 is 2.45 bits per heavy atom. The number of rotatable bonds is 11. The summed E-state index contributed by atoms with van der Waals surface area (Å²) in [5.74, 6) is 0.803. The van der Waals surface area contributed by atoms with Gasteiger partial charge in [-0.2, -0.15) is 0 Å². The van der Waals surface area contributed by atoms with Crippen LogP contribution in [0.2, 0.25) is 0 Å². The standard InChI is InChI=1S/C22H36N4O2.HI/c1-4-5-14-24-20(27)19-9-7-18(8-10-19)16-25-21(23-2)26-17-22(11-6-12-22)13-15-28-3;/h7-10H,4-6,11-17H2,1-3H3,(H,24,27)(H2,23,25,26);1H. The molecule has 0 saturated heterocycles. The second kappa shape index (κ2) is 13.8. The molecule has 0 aliphatic heterocycles. The second-order valence-electron chi connectivity index (χ2n) is 7.68. The van der Waals surface area contributed by atoms with Crippen molar-refractivity contribution >= 4 is 35.8 Å². The number of hydrogen-bond donors (Lipinski definition) is 3. The first-order chi connectivity index (χ1) is 13.6. The molecule has 0 heterocycles. The number of unbranched alkanes of at least 4 members (excludes halogenated alkanes) is 1. The number of carbonyl (C=O) groups is 1. The first kappa shape index (κ1) is 25.7. The molecule has 164 valence electrons. The molecule has 0 radical (unpaired) electrons. The Balaban J connectivity index is 0.00000420. The Bertz CT molecular complexity index is 630. The van der Waals surface area contributed by atoms with Gasteiger partial charge in [-0.15, -0.1) is 24.0 Å². The van der Waals surface area contributed by atoms with Gasteiger partial charge in [-0.1, -0.05) is 31.9 Å². The van der Waals surface area contributed by atoms with Crippen LogP contribution in [0.25, 0.3) is 0 Å². The lowest BCUT2D eigenvalue weighted by molar-refractivity contribution is 0.0732. The monoisotopic (exact) mass is 516 g/mol. The lowest BCUT2D eigenvalue weighted by Gasteiger charge is -2.42. The number of benzene rings is 1. The van der Waals surface area contributed by atoms with E-state index in [0.717, 1.165) is 50.5 Å². The molecule has 0 bridgehead atoms. The fourth-order valence-corrected chi connectivity index (χ4v) is 3.44. The summed E-state index contributed by atoms with van der Waals surface area (Å²) in [6.07, 6.45) is 6.98. The van der Waals surface area contributed by atoms with E-state index in [1.54, 1.807) is 14.2 Å². The van der Waals surface area contributed by atoms with E-state index in [1.807, 2.05) is 24.3 Å². The summed E-state index contributed by atoms with van der Waals surface area (Å²) in [7, 11) is 3.56. The molecule has 1 aliphatic rings. The van der Waals surface area contributed by atoms with E-state index in [1.165, 1.54) is 19.3 Å². The SMILES string of the molecule is CCCCNC(=O)c1ccc(CNC(=NC)NCC2(CCOC)CCC2)cc1.I. The summed E-state index contributed by atoms with van der Waals surface area (Å²) in [5, 5.41) is 9.77. The number of guanidine groups is 1. The van der Waals surface area contributed by atoms with Crippen molar-refractivity contribution in [2.45, 2.75) is 52.0 Å². The molecule has 1 aromatic carbocycles. The molecule has 1 aromatic rings. The van der Waals surface area contributed by atoms with E-state index in [9.17, 15) is 4.79 Å². The van der Waals surface area contributed by atoms with Crippen LogP contribution in [0.5, 0.6) is 0 Å². The third kappa shape index (κ3) is 8.50. The smallest absolute Gasteiger partial charge is 0.251 e. The van der Waals surface area contributed by atoms with E-state index in [0.29, 0.717) is 17.5 Å². The Kier molecular flexibility index (Phi) is 12.2. The number of halogens is 1. The van der Waals surface area contributed by atoms with Gasteiger partial charge in [0, 0.05) is 46.0 Å². The molecule has 6 nitrogen and oxygen atoms in total. The van der Waals surface area contributed by atoms with E-state index >= 15 is 0 Å². The van der Waals surface area contributed by atoms with Crippen LogP contribution < -0.4 is 16.0 Å². The number of carbonyl (C=O) groups excluding carboxylic acids is 1. The van der Waals surface area contributed by atoms with Crippen molar-refractivity contribution in [2.75, 3.05) is 33.9 Å². The Hall–Kier alpha value is -1.35. The first-order valence-corrected chi connectivity index (χ1v) is 10.4. The Morgan fingerprint density at radius 1 is 1.17 bits per heavy atom. The molecule has 29 heavy (non-hydrogen) atoms. The summed E-state index contributed by atoms with van der Waals surface area (Å²) < 4.78 is 5.26. The van der Waals surface area contributed by atoms with Crippen LogP contribution in [0, 0.1) is 5.41 Å². The predicted molar refractivity (Wildman–Crippen MR) is 130 cm³/mol. The van der Waals surface area contributed by atoms with Gasteiger partial charge in [0.15, 0.2) is 5.96 Å². The highest BCUT2D eigenvalue weighted by molar-refractivity contribution is 14.0. The highest BCUT2D eigenvalue weighted by atomic mass is 127. The highest BCUT2D eigenvalue weighted by Crippen LogP contribution is 2.43. The third-order valence-electron chi connectivity index (χ3n) is 5.60. The van der Waals surface area contributed by atoms with Crippen LogP contribution in [0.3, 0.4) is 0 Å². The number of nitrogens with one attached hydrogen (secondary N) is 3. The van der Waals surface area contributed by atoms with Crippen molar-refractivity contribution in [3.8, 4) is 0 Å². The maximum absolute atomic E-state index is 12.1. The third-order valence-corrected chi connectivity index (χ3v) is 5.60. The quantitative estimate of drug-likeness (QED) is 0.182. The molecule has 0 spiro atoms. The lowest BCUT2D eigenvalue weighted by atomic mass is 9.67. The minimum Gasteiger partial charge on any atom is -0.385 e. The topological polar surface area (TPSA) is 74.8 Å². The van der Waals surface area contributed by atoms with E-state index < -0.39 is 0 Å². The number of hydrogen-bond acceptors (Lipinski definition) is 3. The van der Waals surface area contributed by atoms with Gasteiger partial charge in [0.1, 0.15) is 0 Å². The zero-order chi connectivity index (χ0) is 20.2. The van der Waals surface area contributed by atoms with Gasteiger partial charge < -0.3 is 20.7 Å². The van der Waals surface area contributed by atoms with Gasteiger partial charge in [0.05, 0.1) is 0 Å².